The Morgan fingerprint density at radius 3 is 2.57 bits per heavy atom. The molecule has 0 saturated heterocycles. The minimum absolute atomic E-state index is 0.0448. The van der Waals surface area contributed by atoms with Crippen molar-refractivity contribution in [2.45, 2.75) is 26.1 Å². The molecule has 2 rings (SSSR count). The number of hydrogen-bond acceptors (Lipinski definition) is 4. The van der Waals surface area contributed by atoms with Crippen molar-refractivity contribution >= 4 is 5.97 Å². The van der Waals surface area contributed by atoms with Crippen LogP contribution in [0.2, 0.25) is 0 Å². The van der Waals surface area contributed by atoms with Gasteiger partial charge >= 0.3 is 6.61 Å². The van der Waals surface area contributed by atoms with Crippen molar-refractivity contribution in [3.8, 4) is 5.75 Å². The van der Waals surface area contributed by atoms with Crippen LogP contribution >= 0.6 is 0 Å². The Balaban J connectivity index is 2.36. The van der Waals surface area contributed by atoms with E-state index in [1.807, 2.05) is 0 Å². The highest BCUT2D eigenvalue weighted by molar-refractivity contribution is 5.87. The lowest BCUT2D eigenvalue weighted by Gasteiger charge is -2.15. The number of aliphatic hydroxyl groups is 1. The van der Waals surface area contributed by atoms with Crippen LogP contribution in [0.5, 0.6) is 5.75 Å². The normalized spacial score (nSPS) is 12.2. The minimum atomic E-state index is -3.02. The molecule has 0 bridgehead atoms. The summed E-state index contributed by atoms with van der Waals surface area (Å²) in [6, 6.07) is 10.8. The Hall–Kier alpha value is -2.47. The Bertz CT molecular complexity index is 699. The van der Waals surface area contributed by atoms with Crippen molar-refractivity contribution in [3.05, 3.63) is 64.7 Å². The van der Waals surface area contributed by atoms with Crippen molar-refractivity contribution in [1.29, 1.82) is 0 Å². The van der Waals surface area contributed by atoms with Crippen LogP contribution in [-0.2, 0) is 6.42 Å². The number of hydrogen-bond donors (Lipinski definition) is 1. The van der Waals surface area contributed by atoms with Crippen molar-refractivity contribution < 1.29 is 28.5 Å². The molecule has 0 aliphatic heterocycles. The molecule has 0 aromatic heterocycles. The fourth-order valence-electron chi connectivity index (χ4n) is 2.33. The average Bonchev–Trinajstić information content (AvgIpc) is 2.46. The molecule has 0 fully saturated rings. The van der Waals surface area contributed by atoms with Gasteiger partial charge in [-0.05, 0) is 30.5 Å². The highest BCUT2D eigenvalue weighted by Crippen LogP contribution is 2.29. The molecule has 0 heterocycles. The van der Waals surface area contributed by atoms with Gasteiger partial charge in [0, 0.05) is 11.1 Å². The molecule has 23 heavy (non-hydrogen) atoms. The summed E-state index contributed by atoms with van der Waals surface area (Å²) < 4.78 is 29.4. The summed E-state index contributed by atoms with van der Waals surface area (Å²) in [6.45, 7) is -1.57. The largest absolute Gasteiger partial charge is 0.545 e. The minimum Gasteiger partial charge on any atom is -0.545 e. The Kier molecular flexibility index (Phi) is 5.28. The number of ether oxygens (including phenoxy) is 1. The zero-order valence-electron chi connectivity index (χ0n) is 12.3. The van der Waals surface area contributed by atoms with E-state index in [4.69, 9.17) is 0 Å². The third-order valence-electron chi connectivity index (χ3n) is 3.38. The highest BCUT2D eigenvalue weighted by atomic mass is 19.3. The SMILES string of the molecule is C[C@H](O)c1ccc(Cc2ccccc2C(=O)[O-])cc1OC(F)F. The maximum atomic E-state index is 12.5. The number of alkyl halides is 2. The van der Waals surface area contributed by atoms with Crippen LogP contribution in [0, 0.1) is 0 Å². The number of carbonyl (C=O) groups is 1. The molecule has 0 saturated carbocycles. The quantitative estimate of drug-likeness (QED) is 0.886. The summed E-state index contributed by atoms with van der Waals surface area (Å²) in [5.41, 5.74) is 1.37. The van der Waals surface area contributed by atoms with E-state index in [0.717, 1.165) is 0 Å². The first-order valence-electron chi connectivity index (χ1n) is 6.93. The standard InChI is InChI=1S/C17H16F2O4/c1-10(20)13-7-6-11(9-15(13)23-17(18)19)8-12-4-2-3-5-14(12)16(21)22/h2-7,9-10,17,20H,8H2,1H3,(H,21,22)/p-1/t10-/m0/s1. The summed E-state index contributed by atoms with van der Waals surface area (Å²) in [4.78, 5) is 11.1. The van der Waals surface area contributed by atoms with Gasteiger partial charge in [0.25, 0.3) is 0 Å². The van der Waals surface area contributed by atoms with Crippen LogP contribution in [0.4, 0.5) is 8.78 Å². The first kappa shape index (κ1) is 16.9. The van der Waals surface area contributed by atoms with E-state index < -0.39 is 18.7 Å². The second-order valence-corrected chi connectivity index (χ2v) is 5.05. The molecule has 0 aliphatic carbocycles. The Morgan fingerprint density at radius 2 is 1.96 bits per heavy atom. The second-order valence-electron chi connectivity index (χ2n) is 5.05. The lowest BCUT2D eigenvalue weighted by molar-refractivity contribution is -0.255. The van der Waals surface area contributed by atoms with Crippen molar-refractivity contribution in [3.63, 3.8) is 0 Å². The fraction of sp³-hybridized carbons (Fsp3) is 0.235. The fourth-order valence-corrected chi connectivity index (χ4v) is 2.33. The van der Waals surface area contributed by atoms with Crippen LogP contribution in [0.25, 0.3) is 0 Å². The average molecular weight is 321 g/mol. The number of aromatic carboxylic acids is 1. The van der Waals surface area contributed by atoms with Crippen LogP contribution in [0.15, 0.2) is 42.5 Å². The third-order valence-corrected chi connectivity index (χ3v) is 3.38. The number of aliphatic hydroxyl groups excluding tert-OH is 1. The van der Waals surface area contributed by atoms with Crippen molar-refractivity contribution in [2.24, 2.45) is 0 Å². The van der Waals surface area contributed by atoms with Crippen molar-refractivity contribution in [2.75, 3.05) is 0 Å². The van der Waals surface area contributed by atoms with Crippen LogP contribution in [-0.4, -0.2) is 17.7 Å². The monoisotopic (exact) mass is 321 g/mol. The number of halogens is 2. The number of carboxylic acid groups (broad SMARTS) is 1. The molecular formula is C17H15F2O4-. The molecule has 6 heteroatoms. The molecule has 1 atom stereocenters. The molecule has 122 valence electrons. The number of carboxylic acids is 1. The Labute approximate surface area is 132 Å². The topological polar surface area (TPSA) is 69.6 Å². The van der Waals surface area contributed by atoms with Gasteiger partial charge in [-0.3, -0.25) is 0 Å². The van der Waals surface area contributed by atoms with Gasteiger partial charge in [-0.1, -0.05) is 36.4 Å². The van der Waals surface area contributed by atoms with Gasteiger partial charge in [0.1, 0.15) is 5.75 Å². The molecule has 0 aliphatic rings. The van der Waals surface area contributed by atoms with E-state index in [1.165, 1.54) is 25.1 Å². The van der Waals surface area contributed by atoms with E-state index in [9.17, 15) is 23.8 Å². The van der Waals surface area contributed by atoms with Crippen LogP contribution in [0.3, 0.4) is 0 Å². The summed E-state index contributed by atoms with van der Waals surface area (Å²) in [5.74, 6) is -1.43. The zero-order chi connectivity index (χ0) is 17.0. The van der Waals surface area contributed by atoms with E-state index in [1.54, 1.807) is 24.3 Å². The van der Waals surface area contributed by atoms with Gasteiger partial charge in [0.15, 0.2) is 0 Å². The number of benzene rings is 2. The molecule has 2 aromatic rings. The first-order valence-corrected chi connectivity index (χ1v) is 6.93. The molecule has 4 nitrogen and oxygen atoms in total. The van der Waals surface area contributed by atoms with Crippen molar-refractivity contribution in [1.82, 2.24) is 0 Å². The third kappa shape index (κ3) is 4.26. The van der Waals surface area contributed by atoms with E-state index in [2.05, 4.69) is 4.74 Å². The van der Waals surface area contributed by atoms with E-state index >= 15 is 0 Å². The van der Waals surface area contributed by atoms with Gasteiger partial charge in [-0.2, -0.15) is 8.78 Å². The van der Waals surface area contributed by atoms with Crippen LogP contribution < -0.4 is 9.84 Å². The van der Waals surface area contributed by atoms with Gasteiger partial charge in [-0.25, -0.2) is 0 Å². The first-order chi connectivity index (χ1) is 10.9. The molecule has 1 N–H and O–H groups in total. The number of carbonyl (C=O) groups excluding carboxylic acids is 1. The predicted molar refractivity (Wildman–Crippen MR) is 77.3 cm³/mol. The Morgan fingerprint density at radius 1 is 1.26 bits per heavy atom. The molecule has 0 radical (unpaired) electrons. The molecule has 0 unspecified atom stereocenters. The maximum absolute atomic E-state index is 12.5. The molecule has 0 spiro atoms. The number of rotatable bonds is 6. The van der Waals surface area contributed by atoms with E-state index in [0.29, 0.717) is 11.1 Å². The van der Waals surface area contributed by atoms with Gasteiger partial charge in [0.2, 0.25) is 0 Å². The second kappa shape index (κ2) is 7.19. The lowest BCUT2D eigenvalue weighted by atomic mass is 9.98. The van der Waals surface area contributed by atoms with E-state index in [-0.39, 0.29) is 23.3 Å². The van der Waals surface area contributed by atoms with Crippen LogP contribution in [0.1, 0.15) is 40.1 Å². The van der Waals surface area contributed by atoms with Gasteiger partial charge in [0.05, 0.1) is 12.1 Å². The summed E-state index contributed by atoms with van der Waals surface area (Å²) in [6.07, 6.45) is -0.752. The van der Waals surface area contributed by atoms with Gasteiger partial charge < -0.3 is 19.7 Å². The molecule has 0 amide bonds. The zero-order valence-corrected chi connectivity index (χ0v) is 12.3. The summed E-state index contributed by atoms with van der Waals surface area (Å²) >= 11 is 0. The molecule has 2 aromatic carbocycles. The highest BCUT2D eigenvalue weighted by Gasteiger charge is 2.15. The maximum Gasteiger partial charge on any atom is 0.387 e. The smallest absolute Gasteiger partial charge is 0.387 e. The summed E-state index contributed by atoms with van der Waals surface area (Å²) in [5, 5.41) is 20.7. The lowest BCUT2D eigenvalue weighted by Crippen LogP contribution is -2.23. The molecular weight excluding hydrogens is 306 g/mol. The summed E-state index contributed by atoms with van der Waals surface area (Å²) in [7, 11) is 0. The predicted octanol–water partition coefficient (Wildman–Crippen LogP) is 2.30. The van der Waals surface area contributed by atoms with Gasteiger partial charge in [-0.15, -0.1) is 0 Å².